The van der Waals surface area contributed by atoms with Gasteiger partial charge < -0.3 is 21.5 Å². The molecule has 31 heavy (non-hydrogen) atoms. The molecule has 1 aromatic rings. The Labute approximate surface area is 186 Å². The van der Waals surface area contributed by atoms with E-state index in [0.717, 1.165) is 18.4 Å². The number of hydrogen-bond donors (Lipinski definition) is 3. The lowest BCUT2D eigenvalue weighted by molar-refractivity contribution is -0.133. The first kappa shape index (κ1) is 26.9. The molecule has 174 valence electrons. The summed E-state index contributed by atoms with van der Waals surface area (Å²) >= 11 is 0. The third-order valence-electron chi connectivity index (χ3n) is 5.10. The van der Waals surface area contributed by atoms with Crippen LogP contribution in [0.5, 0.6) is 0 Å². The average molecular weight is 434 g/mol. The average Bonchev–Trinajstić information content (AvgIpc) is 2.72. The van der Waals surface area contributed by atoms with Gasteiger partial charge in [-0.25, -0.2) is 0 Å². The van der Waals surface area contributed by atoms with Crippen LogP contribution in [0.4, 0.5) is 0 Å². The van der Waals surface area contributed by atoms with Gasteiger partial charge in [-0.15, -0.1) is 0 Å². The van der Waals surface area contributed by atoms with Crippen molar-refractivity contribution in [2.45, 2.75) is 77.5 Å². The van der Waals surface area contributed by atoms with Gasteiger partial charge in [0.1, 0.15) is 5.78 Å². The van der Waals surface area contributed by atoms with E-state index in [1.807, 2.05) is 44.2 Å². The quantitative estimate of drug-likeness (QED) is 0.343. The standard InChI is InChI=1S/C24H39N3O4/c1-17(2)31-14-12-22(28)21(11-7-8-13-25)27-24(30)20(16-23(29)18(3)26)15-19-9-5-4-6-10-19/h4-6,9-10,17-18,20-21H,7-8,11-16,25-26H2,1-3H3,(H,27,30)/t18-,20-,21?/m0/s1. The molecule has 0 heterocycles. The Morgan fingerprint density at radius 1 is 1.03 bits per heavy atom. The molecule has 3 atom stereocenters. The number of carbonyl (C=O) groups excluding carboxylic acids is 3. The van der Waals surface area contributed by atoms with Crippen LogP contribution in [0.25, 0.3) is 0 Å². The molecule has 1 amide bonds. The van der Waals surface area contributed by atoms with Gasteiger partial charge in [-0.2, -0.15) is 0 Å². The van der Waals surface area contributed by atoms with E-state index < -0.39 is 18.0 Å². The fourth-order valence-electron chi connectivity index (χ4n) is 3.25. The van der Waals surface area contributed by atoms with Gasteiger partial charge in [0.05, 0.1) is 24.8 Å². The number of amides is 1. The Morgan fingerprint density at radius 2 is 1.71 bits per heavy atom. The summed E-state index contributed by atoms with van der Waals surface area (Å²) in [4.78, 5) is 38.2. The monoisotopic (exact) mass is 433 g/mol. The second-order valence-electron chi connectivity index (χ2n) is 8.33. The molecule has 0 bridgehead atoms. The van der Waals surface area contributed by atoms with Crippen molar-refractivity contribution >= 4 is 17.5 Å². The zero-order valence-electron chi connectivity index (χ0n) is 19.1. The molecule has 0 aliphatic rings. The molecule has 0 aliphatic heterocycles. The van der Waals surface area contributed by atoms with Crippen LogP contribution in [0.15, 0.2) is 30.3 Å². The van der Waals surface area contributed by atoms with Gasteiger partial charge in [0.2, 0.25) is 5.91 Å². The summed E-state index contributed by atoms with van der Waals surface area (Å²) in [6.45, 7) is 6.29. The molecular formula is C24H39N3O4. The normalized spacial score (nSPS) is 14.1. The van der Waals surface area contributed by atoms with Crippen LogP contribution in [-0.2, 0) is 25.5 Å². The molecule has 0 aromatic heterocycles. The number of ether oxygens (including phenoxy) is 1. The maximum atomic E-state index is 13.1. The number of benzene rings is 1. The topological polar surface area (TPSA) is 125 Å². The molecule has 7 heteroatoms. The van der Waals surface area contributed by atoms with Crippen molar-refractivity contribution in [3.05, 3.63) is 35.9 Å². The molecule has 1 aromatic carbocycles. The van der Waals surface area contributed by atoms with Gasteiger partial charge in [0.15, 0.2) is 5.78 Å². The van der Waals surface area contributed by atoms with Crippen molar-refractivity contribution in [2.24, 2.45) is 17.4 Å². The second kappa shape index (κ2) is 14.8. The van der Waals surface area contributed by atoms with Crippen LogP contribution < -0.4 is 16.8 Å². The molecule has 5 N–H and O–H groups in total. The number of carbonyl (C=O) groups is 3. The number of Topliss-reactive ketones (excluding diaryl/α,β-unsaturated/α-hetero) is 2. The maximum Gasteiger partial charge on any atom is 0.224 e. The van der Waals surface area contributed by atoms with Crippen molar-refractivity contribution in [3.8, 4) is 0 Å². The summed E-state index contributed by atoms with van der Waals surface area (Å²) in [5.41, 5.74) is 12.3. The second-order valence-corrected chi connectivity index (χ2v) is 8.33. The molecular weight excluding hydrogens is 394 g/mol. The predicted octanol–water partition coefficient (Wildman–Crippen LogP) is 2.15. The van der Waals surface area contributed by atoms with E-state index >= 15 is 0 Å². The molecule has 0 fully saturated rings. The Kier molecular flexibility index (Phi) is 12.9. The minimum Gasteiger partial charge on any atom is -0.378 e. The molecule has 0 radical (unpaired) electrons. The highest BCUT2D eigenvalue weighted by molar-refractivity contribution is 5.93. The summed E-state index contributed by atoms with van der Waals surface area (Å²) in [5.74, 6) is -1.12. The highest BCUT2D eigenvalue weighted by Crippen LogP contribution is 2.16. The summed E-state index contributed by atoms with van der Waals surface area (Å²) < 4.78 is 5.49. The molecule has 7 nitrogen and oxygen atoms in total. The van der Waals surface area contributed by atoms with Gasteiger partial charge >= 0.3 is 0 Å². The van der Waals surface area contributed by atoms with Crippen LogP contribution >= 0.6 is 0 Å². The number of rotatable bonds is 16. The molecule has 1 unspecified atom stereocenters. The number of hydrogen-bond acceptors (Lipinski definition) is 6. The SMILES string of the molecule is CC(C)OCCC(=O)C(CCCCN)NC(=O)[C@H](CC(=O)[C@H](C)N)Cc1ccccc1. The van der Waals surface area contributed by atoms with Crippen molar-refractivity contribution in [2.75, 3.05) is 13.2 Å². The van der Waals surface area contributed by atoms with E-state index in [9.17, 15) is 14.4 Å². The minimum absolute atomic E-state index is 0.0394. The Hall–Kier alpha value is -2.09. The molecule has 0 saturated heterocycles. The zero-order chi connectivity index (χ0) is 23.2. The fraction of sp³-hybridized carbons (Fsp3) is 0.625. The first-order valence-electron chi connectivity index (χ1n) is 11.2. The van der Waals surface area contributed by atoms with Crippen LogP contribution in [-0.4, -0.2) is 48.8 Å². The van der Waals surface area contributed by atoms with Crippen LogP contribution in [0.2, 0.25) is 0 Å². The Bertz CT molecular complexity index is 677. The predicted molar refractivity (Wildman–Crippen MR) is 122 cm³/mol. The smallest absolute Gasteiger partial charge is 0.224 e. The van der Waals surface area contributed by atoms with E-state index in [1.165, 1.54) is 0 Å². The summed E-state index contributed by atoms with van der Waals surface area (Å²) in [5, 5.41) is 2.90. The minimum atomic E-state index is -0.638. The third-order valence-corrected chi connectivity index (χ3v) is 5.10. The van der Waals surface area contributed by atoms with Gasteiger partial charge in [0.25, 0.3) is 0 Å². The van der Waals surface area contributed by atoms with Crippen molar-refractivity contribution < 1.29 is 19.1 Å². The van der Waals surface area contributed by atoms with Crippen molar-refractivity contribution in [1.82, 2.24) is 5.32 Å². The molecule has 0 aliphatic carbocycles. The first-order valence-corrected chi connectivity index (χ1v) is 11.2. The Balaban J connectivity index is 2.89. The Morgan fingerprint density at radius 3 is 2.29 bits per heavy atom. The van der Waals surface area contributed by atoms with E-state index in [2.05, 4.69) is 5.32 Å². The van der Waals surface area contributed by atoms with E-state index in [4.69, 9.17) is 16.2 Å². The van der Waals surface area contributed by atoms with E-state index in [-0.39, 0.29) is 36.4 Å². The van der Waals surface area contributed by atoms with Crippen molar-refractivity contribution in [1.29, 1.82) is 0 Å². The molecule has 0 spiro atoms. The summed E-state index contributed by atoms with van der Waals surface area (Å²) in [6.07, 6.45) is 2.75. The lowest BCUT2D eigenvalue weighted by Crippen LogP contribution is -2.45. The number of nitrogens with two attached hydrogens (primary N) is 2. The highest BCUT2D eigenvalue weighted by Gasteiger charge is 2.28. The number of nitrogens with one attached hydrogen (secondary N) is 1. The lowest BCUT2D eigenvalue weighted by Gasteiger charge is -2.23. The van der Waals surface area contributed by atoms with Crippen LogP contribution in [0.3, 0.4) is 0 Å². The van der Waals surface area contributed by atoms with Gasteiger partial charge in [-0.3, -0.25) is 14.4 Å². The van der Waals surface area contributed by atoms with E-state index in [1.54, 1.807) is 6.92 Å². The van der Waals surface area contributed by atoms with Crippen LogP contribution in [0, 0.1) is 5.92 Å². The van der Waals surface area contributed by atoms with Crippen molar-refractivity contribution in [3.63, 3.8) is 0 Å². The van der Waals surface area contributed by atoms with Crippen LogP contribution in [0.1, 0.15) is 58.4 Å². The largest absolute Gasteiger partial charge is 0.378 e. The van der Waals surface area contributed by atoms with Gasteiger partial charge in [-0.05, 0) is 58.6 Å². The lowest BCUT2D eigenvalue weighted by atomic mass is 9.91. The first-order chi connectivity index (χ1) is 14.7. The molecule has 1 rings (SSSR count). The number of ketones is 2. The third kappa shape index (κ3) is 11.2. The molecule has 0 saturated carbocycles. The number of unbranched alkanes of at least 4 members (excludes halogenated alkanes) is 1. The zero-order valence-corrected chi connectivity index (χ0v) is 19.1. The summed E-state index contributed by atoms with van der Waals surface area (Å²) in [7, 11) is 0. The van der Waals surface area contributed by atoms with Gasteiger partial charge in [0, 0.05) is 18.8 Å². The summed E-state index contributed by atoms with van der Waals surface area (Å²) in [6, 6.07) is 8.28. The van der Waals surface area contributed by atoms with E-state index in [0.29, 0.717) is 26.0 Å². The van der Waals surface area contributed by atoms with Gasteiger partial charge in [-0.1, -0.05) is 30.3 Å². The highest BCUT2D eigenvalue weighted by atomic mass is 16.5. The maximum absolute atomic E-state index is 13.1. The fourth-order valence-corrected chi connectivity index (χ4v) is 3.25.